The molecule has 0 aliphatic rings. The Morgan fingerprint density at radius 2 is 1.92 bits per heavy atom. The third-order valence-corrected chi connectivity index (χ3v) is 2.35. The molecule has 0 spiro atoms. The summed E-state index contributed by atoms with van der Waals surface area (Å²) in [6, 6.07) is 0. The van der Waals surface area contributed by atoms with Gasteiger partial charge in [-0.05, 0) is 24.8 Å². The van der Waals surface area contributed by atoms with Gasteiger partial charge < -0.3 is 10.4 Å². The number of hydrogen-bond donors (Lipinski definition) is 2. The summed E-state index contributed by atoms with van der Waals surface area (Å²) in [7, 11) is 0. The van der Waals surface area contributed by atoms with Crippen molar-refractivity contribution < 1.29 is 5.11 Å². The Hall–Kier alpha value is -0.0800. The molecule has 0 heterocycles. The summed E-state index contributed by atoms with van der Waals surface area (Å²) in [6.07, 6.45) is 4.74. The molecule has 0 aromatic heterocycles. The lowest BCUT2D eigenvalue weighted by atomic mass is 9.90. The number of hydrogen-bond acceptors (Lipinski definition) is 2. The van der Waals surface area contributed by atoms with E-state index in [0.717, 1.165) is 19.5 Å². The topological polar surface area (TPSA) is 32.3 Å². The van der Waals surface area contributed by atoms with Crippen LogP contribution in [0.4, 0.5) is 0 Å². The Kier molecular flexibility index (Phi) is 7.29. The Morgan fingerprint density at radius 3 is 2.46 bits per heavy atom. The molecule has 0 saturated heterocycles. The molecule has 2 nitrogen and oxygen atoms in total. The number of unbranched alkanes of at least 4 members (excludes halogenated alkanes) is 2. The van der Waals surface area contributed by atoms with Crippen LogP contribution in [0.3, 0.4) is 0 Å². The molecule has 0 fully saturated rings. The standard InChI is InChI=1S/C11H25NO/c1-4-5-6-8-12-10-11(2,3)7-9-13/h12-13H,4-10H2,1-3H3. The molecule has 0 aromatic rings. The minimum atomic E-state index is 0.237. The summed E-state index contributed by atoms with van der Waals surface area (Å²) in [5.41, 5.74) is 0.237. The van der Waals surface area contributed by atoms with Crippen molar-refractivity contribution in [2.75, 3.05) is 19.7 Å². The monoisotopic (exact) mass is 187 g/mol. The van der Waals surface area contributed by atoms with Crippen LogP contribution in [0.15, 0.2) is 0 Å². The van der Waals surface area contributed by atoms with E-state index in [2.05, 4.69) is 26.1 Å². The summed E-state index contributed by atoms with van der Waals surface area (Å²) in [4.78, 5) is 0. The van der Waals surface area contributed by atoms with Gasteiger partial charge >= 0.3 is 0 Å². The second-order valence-electron chi connectivity index (χ2n) is 4.52. The molecular weight excluding hydrogens is 162 g/mol. The molecule has 80 valence electrons. The molecule has 0 radical (unpaired) electrons. The SMILES string of the molecule is CCCCCNCC(C)(C)CCO. The highest BCUT2D eigenvalue weighted by Crippen LogP contribution is 2.17. The highest BCUT2D eigenvalue weighted by Gasteiger charge is 2.15. The third-order valence-electron chi connectivity index (χ3n) is 2.35. The summed E-state index contributed by atoms with van der Waals surface area (Å²) < 4.78 is 0. The van der Waals surface area contributed by atoms with Crippen LogP contribution in [-0.2, 0) is 0 Å². The first kappa shape index (κ1) is 12.9. The molecule has 0 saturated carbocycles. The summed E-state index contributed by atoms with van der Waals surface area (Å²) in [5, 5.41) is 12.2. The van der Waals surface area contributed by atoms with Crippen LogP contribution in [-0.4, -0.2) is 24.8 Å². The van der Waals surface area contributed by atoms with E-state index in [1.807, 2.05) is 0 Å². The molecule has 0 rings (SSSR count). The lowest BCUT2D eigenvalue weighted by molar-refractivity contribution is 0.207. The predicted octanol–water partition coefficient (Wildman–Crippen LogP) is 2.17. The van der Waals surface area contributed by atoms with Gasteiger partial charge in [0.25, 0.3) is 0 Å². The van der Waals surface area contributed by atoms with Gasteiger partial charge in [0.15, 0.2) is 0 Å². The molecule has 0 aliphatic carbocycles. The number of nitrogens with one attached hydrogen (secondary N) is 1. The number of aliphatic hydroxyl groups excluding tert-OH is 1. The fourth-order valence-electron chi connectivity index (χ4n) is 1.32. The van der Waals surface area contributed by atoms with E-state index in [4.69, 9.17) is 5.11 Å². The Balaban J connectivity index is 3.29. The van der Waals surface area contributed by atoms with Crippen LogP contribution in [0.25, 0.3) is 0 Å². The fourth-order valence-corrected chi connectivity index (χ4v) is 1.32. The summed E-state index contributed by atoms with van der Waals surface area (Å²) in [6.45, 7) is 9.02. The van der Waals surface area contributed by atoms with E-state index >= 15 is 0 Å². The zero-order chi connectivity index (χ0) is 10.2. The van der Waals surface area contributed by atoms with Crippen molar-refractivity contribution in [3.63, 3.8) is 0 Å². The second-order valence-corrected chi connectivity index (χ2v) is 4.52. The number of aliphatic hydroxyl groups is 1. The van der Waals surface area contributed by atoms with Gasteiger partial charge in [-0.2, -0.15) is 0 Å². The van der Waals surface area contributed by atoms with E-state index in [1.54, 1.807) is 0 Å². The fraction of sp³-hybridized carbons (Fsp3) is 1.00. The summed E-state index contributed by atoms with van der Waals surface area (Å²) in [5.74, 6) is 0. The minimum Gasteiger partial charge on any atom is -0.396 e. The van der Waals surface area contributed by atoms with Crippen LogP contribution >= 0.6 is 0 Å². The van der Waals surface area contributed by atoms with E-state index in [-0.39, 0.29) is 5.41 Å². The van der Waals surface area contributed by atoms with Crippen molar-refractivity contribution in [1.29, 1.82) is 0 Å². The zero-order valence-corrected chi connectivity index (χ0v) is 9.40. The molecule has 0 aliphatic heterocycles. The van der Waals surface area contributed by atoms with Gasteiger partial charge in [-0.3, -0.25) is 0 Å². The van der Waals surface area contributed by atoms with Crippen molar-refractivity contribution in [2.24, 2.45) is 5.41 Å². The van der Waals surface area contributed by atoms with E-state index in [9.17, 15) is 0 Å². The largest absolute Gasteiger partial charge is 0.396 e. The van der Waals surface area contributed by atoms with Crippen LogP contribution in [0, 0.1) is 5.41 Å². The van der Waals surface area contributed by atoms with E-state index < -0.39 is 0 Å². The minimum absolute atomic E-state index is 0.237. The molecule has 2 heteroatoms. The quantitative estimate of drug-likeness (QED) is 0.571. The molecule has 13 heavy (non-hydrogen) atoms. The smallest absolute Gasteiger partial charge is 0.0436 e. The molecule has 2 N–H and O–H groups in total. The highest BCUT2D eigenvalue weighted by atomic mass is 16.3. The van der Waals surface area contributed by atoms with Gasteiger partial charge in [-0.1, -0.05) is 33.6 Å². The second kappa shape index (κ2) is 7.34. The average molecular weight is 187 g/mol. The summed E-state index contributed by atoms with van der Waals surface area (Å²) >= 11 is 0. The third kappa shape index (κ3) is 8.26. The van der Waals surface area contributed by atoms with Gasteiger partial charge in [-0.25, -0.2) is 0 Å². The van der Waals surface area contributed by atoms with Crippen LogP contribution < -0.4 is 5.32 Å². The van der Waals surface area contributed by atoms with Gasteiger partial charge in [0.1, 0.15) is 0 Å². The molecule has 0 atom stereocenters. The lowest BCUT2D eigenvalue weighted by Crippen LogP contribution is -2.30. The van der Waals surface area contributed by atoms with Crippen LogP contribution in [0.1, 0.15) is 46.5 Å². The Bertz CT molecular complexity index is 113. The molecular formula is C11H25NO. The van der Waals surface area contributed by atoms with Crippen molar-refractivity contribution >= 4 is 0 Å². The van der Waals surface area contributed by atoms with Crippen molar-refractivity contribution in [3.8, 4) is 0 Å². The number of rotatable bonds is 8. The normalized spacial score (nSPS) is 12.0. The van der Waals surface area contributed by atoms with Gasteiger partial charge in [0.2, 0.25) is 0 Å². The Morgan fingerprint density at radius 1 is 1.23 bits per heavy atom. The van der Waals surface area contributed by atoms with Gasteiger partial charge in [-0.15, -0.1) is 0 Å². The maximum atomic E-state index is 8.81. The zero-order valence-electron chi connectivity index (χ0n) is 9.40. The van der Waals surface area contributed by atoms with Crippen molar-refractivity contribution in [3.05, 3.63) is 0 Å². The maximum Gasteiger partial charge on any atom is 0.0436 e. The molecule has 0 bridgehead atoms. The molecule has 0 amide bonds. The average Bonchev–Trinajstić information content (AvgIpc) is 2.04. The first-order chi connectivity index (χ1) is 6.12. The lowest BCUT2D eigenvalue weighted by Gasteiger charge is -2.23. The van der Waals surface area contributed by atoms with Crippen LogP contribution in [0.5, 0.6) is 0 Å². The van der Waals surface area contributed by atoms with Crippen molar-refractivity contribution in [1.82, 2.24) is 5.32 Å². The molecule has 0 unspecified atom stereocenters. The highest BCUT2D eigenvalue weighted by molar-refractivity contribution is 4.70. The van der Waals surface area contributed by atoms with Gasteiger partial charge in [0, 0.05) is 13.2 Å². The van der Waals surface area contributed by atoms with Gasteiger partial charge in [0.05, 0.1) is 0 Å². The van der Waals surface area contributed by atoms with Crippen molar-refractivity contribution in [2.45, 2.75) is 46.5 Å². The molecule has 0 aromatic carbocycles. The first-order valence-corrected chi connectivity index (χ1v) is 5.44. The Labute approximate surface area is 82.7 Å². The van der Waals surface area contributed by atoms with E-state index in [0.29, 0.717) is 6.61 Å². The van der Waals surface area contributed by atoms with E-state index in [1.165, 1.54) is 19.3 Å². The predicted molar refractivity (Wildman–Crippen MR) is 57.9 cm³/mol. The van der Waals surface area contributed by atoms with Crippen LogP contribution in [0.2, 0.25) is 0 Å². The maximum absolute atomic E-state index is 8.81. The first-order valence-electron chi connectivity index (χ1n) is 5.44.